The smallest absolute Gasteiger partial charge is 0.247 e. The van der Waals surface area contributed by atoms with Gasteiger partial charge in [0.2, 0.25) is 5.91 Å². The van der Waals surface area contributed by atoms with Crippen molar-refractivity contribution in [2.24, 2.45) is 0 Å². The lowest BCUT2D eigenvalue weighted by molar-refractivity contribution is -0.128. The first-order valence-electron chi connectivity index (χ1n) is 12.9. The van der Waals surface area contributed by atoms with Gasteiger partial charge in [0.05, 0.1) is 12.6 Å². The average Bonchev–Trinajstić information content (AvgIpc) is 3.56. The Hall–Kier alpha value is -4.03. The highest BCUT2D eigenvalue weighted by atomic mass is 16.5. The van der Waals surface area contributed by atoms with Crippen molar-refractivity contribution in [1.29, 1.82) is 0 Å². The minimum Gasteiger partial charge on any atom is -0.493 e. The number of ether oxygens (including phenoxy) is 2. The molecule has 6 nitrogen and oxygen atoms in total. The molecule has 37 heavy (non-hydrogen) atoms. The lowest BCUT2D eigenvalue weighted by atomic mass is 9.91. The van der Waals surface area contributed by atoms with Crippen LogP contribution in [-0.2, 0) is 17.6 Å². The summed E-state index contributed by atoms with van der Waals surface area (Å²) in [5.41, 5.74) is 6.81. The van der Waals surface area contributed by atoms with E-state index in [1.807, 2.05) is 48.4 Å². The number of likely N-dealkylation sites (N-methyl/N-ethyl adjacent to an activating group) is 1. The molecule has 2 aliphatic rings. The number of hydrogen-bond acceptors (Lipinski definition) is 4. The number of amides is 1. The van der Waals surface area contributed by atoms with Crippen molar-refractivity contribution in [2.45, 2.75) is 18.9 Å². The van der Waals surface area contributed by atoms with E-state index in [1.54, 1.807) is 6.08 Å². The molecule has 0 bridgehead atoms. The van der Waals surface area contributed by atoms with E-state index in [9.17, 15) is 4.79 Å². The van der Waals surface area contributed by atoms with Crippen LogP contribution in [0, 0.1) is 0 Å². The van der Waals surface area contributed by atoms with E-state index in [-0.39, 0.29) is 11.9 Å². The molecule has 3 heterocycles. The molecule has 6 heteroatoms. The van der Waals surface area contributed by atoms with Crippen LogP contribution in [0.15, 0.2) is 72.8 Å². The summed E-state index contributed by atoms with van der Waals surface area (Å²) in [5.74, 6) is 1.77. The van der Waals surface area contributed by atoms with Crippen molar-refractivity contribution in [2.75, 3.05) is 33.4 Å². The Morgan fingerprint density at radius 1 is 1.14 bits per heavy atom. The normalized spacial score (nSPS) is 16.6. The third-order valence-electron chi connectivity index (χ3n) is 7.27. The number of rotatable bonds is 7. The highest BCUT2D eigenvalue weighted by Gasteiger charge is 2.34. The molecular weight excluding hydrogens is 462 g/mol. The van der Waals surface area contributed by atoms with Crippen molar-refractivity contribution in [1.82, 2.24) is 15.2 Å². The Morgan fingerprint density at radius 2 is 2.00 bits per heavy atom. The predicted molar refractivity (Wildman–Crippen MR) is 146 cm³/mol. The fourth-order valence-electron chi connectivity index (χ4n) is 5.41. The largest absolute Gasteiger partial charge is 0.493 e. The van der Waals surface area contributed by atoms with Gasteiger partial charge >= 0.3 is 0 Å². The Bertz CT molecular complexity index is 1450. The highest BCUT2D eigenvalue weighted by molar-refractivity contribution is 5.93. The molecule has 1 atom stereocenters. The van der Waals surface area contributed by atoms with Gasteiger partial charge in [-0.2, -0.15) is 0 Å². The van der Waals surface area contributed by atoms with E-state index in [4.69, 9.17) is 9.47 Å². The zero-order valence-electron chi connectivity index (χ0n) is 21.0. The van der Waals surface area contributed by atoms with Crippen LogP contribution in [0.4, 0.5) is 0 Å². The van der Waals surface area contributed by atoms with Crippen molar-refractivity contribution >= 4 is 22.9 Å². The number of benzene rings is 3. The minimum atomic E-state index is -0.179. The predicted octanol–water partition coefficient (Wildman–Crippen LogP) is 4.89. The van der Waals surface area contributed by atoms with Crippen LogP contribution < -0.4 is 14.8 Å². The van der Waals surface area contributed by atoms with Crippen molar-refractivity contribution in [3.05, 3.63) is 101 Å². The minimum absolute atomic E-state index is 0.000372. The Labute approximate surface area is 216 Å². The third-order valence-corrected chi connectivity index (χ3v) is 7.27. The van der Waals surface area contributed by atoms with E-state index >= 15 is 0 Å². The maximum Gasteiger partial charge on any atom is 0.247 e. The van der Waals surface area contributed by atoms with E-state index in [0.29, 0.717) is 19.8 Å². The lowest BCUT2D eigenvalue weighted by Crippen LogP contribution is -2.39. The Morgan fingerprint density at radius 3 is 2.86 bits per heavy atom. The number of H-pyrrole nitrogens is 1. The summed E-state index contributed by atoms with van der Waals surface area (Å²) in [6.45, 7) is 2.79. The van der Waals surface area contributed by atoms with Gasteiger partial charge in [-0.1, -0.05) is 36.4 Å². The van der Waals surface area contributed by atoms with Crippen molar-refractivity contribution < 1.29 is 14.3 Å². The van der Waals surface area contributed by atoms with Crippen LogP contribution in [-0.4, -0.2) is 49.1 Å². The number of nitrogens with zero attached hydrogens (tertiary/aromatic N) is 1. The highest BCUT2D eigenvalue weighted by Crippen LogP contribution is 2.40. The summed E-state index contributed by atoms with van der Waals surface area (Å²) >= 11 is 0. The van der Waals surface area contributed by atoms with Crippen LogP contribution in [0.3, 0.4) is 0 Å². The maximum absolute atomic E-state index is 13.6. The quantitative estimate of drug-likeness (QED) is 0.284. The Balaban J connectivity index is 1.30. The summed E-state index contributed by atoms with van der Waals surface area (Å²) in [4.78, 5) is 19.3. The van der Waals surface area contributed by atoms with E-state index in [2.05, 4.69) is 46.7 Å². The molecule has 1 amide bonds. The van der Waals surface area contributed by atoms with Crippen molar-refractivity contribution in [3.63, 3.8) is 0 Å². The number of carbonyl (C=O) groups excluding carboxylic acids is 1. The van der Waals surface area contributed by atoms with Gasteiger partial charge in [-0.25, -0.2) is 0 Å². The second-order valence-electron chi connectivity index (χ2n) is 9.57. The monoisotopic (exact) mass is 493 g/mol. The molecule has 2 aliphatic heterocycles. The summed E-state index contributed by atoms with van der Waals surface area (Å²) in [6.07, 6.45) is 5.29. The van der Waals surface area contributed by atoms with Gasteiger partial charge in [-0.3, -0.25) is 4.79 Å². The number of aromatic amines is 1. The van der Waals surface area contributed by atoms with Gasteiger partial charge in [0.25, 0.3) is 0 Å². The zero-order valence-corrected chi connectivity index (χ0v) is 21.0. The van der Waals surface area contributed by atoms with Gasteiger partial charge < -0.3 is 24.7 Å². The average molecular weight is 494 g/mol. The molecule has 3 aromatic carbocycles. The summed E-state index contributed by atoms with van der Waals surface area (Å²) < 4.78 is 11.4. The van der Waals surface area contributed by atoms with Gasteiger partial charge in [-0.05, 0) is 72.1 Å². The van der Waals surface area contributed by atoms with Crippen LogP contribution in [0.25, 0.3) is 17.0 Å². The lowest BCUT2D eigenvalue weighted by Gasteiger charge is -2.36. The van der Waals surface area contributed by atoms with Gasteiger partial charge in [-0.15, -0.1) is 0 Å². The number of hydrogen-bond donors (Lipinski definition) is 2. The second-order valence-corrected chi connectivity index (χ2v) is 9.57. The molecule has 2 N–H and O–H groups in total. The van der Waals surface area contributed by atoms with Crippen LogP contribution >= 0.6 is 0 Å². The molecular formula is C31H31N3O3. The number of para-hydroxylation sites is 1. The third kappa shape index (κ3) is 4.60. The molecule has 1 aromatic heterocycles. The fourth-order valence-corrected chi connectivity index (χ4v) is 5.41. The second kappa shape index (κ2) is 10.1. The van der Waals surface area contributed by atoms with Crippen LogP contribution in [0.5, 0.6) is 11.5 Å². The molecule has 0 radical (unpaired) electrons. The van der Waals surface area contributed by atoms with Gasteiger partial charge in [0, 0.05) is 42.2 Å². The SMILES string of the molecule is CNCCOc1ccc(/C=C/C(=O)N2CCc3c([nH]c4ccccc34)[C@H]2c2ccc3c(c2)CCO3)cc1. The summed E-state index contributed by atoms with van der Waals surface area (Å²) in [7, 11) is 1.90. The first kappa shape index (κ1) is 23.4. The molecule has 0 fully saturated rings. The van der Waals surface area contributed by atoms with Gasteiger partial charge in [0.15, 0.2) is 0 Å². The molecule has 0 saturated heterocycles. The van der Waals surface area contributed by atoms with E-state index in [0.717, 1.165) is 53.2 Å². The Kier molecular flexibility index (Phi) is 6.41. The zero-order chi connectivity index (χ0) is 25.2. The first-order chi connectivity index (χ1) is 18.2. The number of carbonyl (C=O) groups is 1. The molecule has 188 valence electrons. The standard InChI is InChI=1S/C31H31N3O3/c1-32-16-19-36-24-10-6-21(7-11-24)8-13-29(35)34-17-14-26-25-4-2-3-5-27(25)33-30(26)31(34)23-9-12-28-22(20-23)15-18-37-28/h2-13,20,31-33H,14-19H2,1H3/b13-8+/t31-/m1/s1. The van der Waals surface area contributed by atoms with Gasteiger partial charge in [0.1, 0.15) is 18.1 Å². The molecule has 4 aromatic rings. The number of nitrogens with one attached hydrogen (secondary N) is 2. The molecule has 0 unspecified atom stereocenters. The summed E-state index contributed by atoms with van der Waals surface area (Å²) in [6, 6.07) is 22.4. The number of aromatic nitrogens is 1. The van der Waals surface area contributed by atoms with E-state index in [1.165, 1.54) is 16.5 Å². The van der Waals surface area contributed by atoms with E-state index < -0.39 is 0 Å². The topological polar surface area (TPSA) is 66.6 Å². The number of fused-ring (bicyclic) bond motifs is 4. The first-order valence-corrected chi connectivity index (χ1v) is 12.9. The van der Waals surface area contributed by atoms with Crippen molar-refractivity contribution in [3.8, 4) is 11.5 Å². The molecule has 0 saturated carbocycles. The molecule has 0 aliphatic carbocycles. The summed E-state index contributed by atoms with van der Waals surface area (Å²) in [5, 5.41) is 4.31. The maximum atomic E-state index is 13.6. The van der Waals surface area contributed by atoms with Crippen LogP contribution in [0.1, 0.15) is 34.0 Å². The fraction of sp³-hybridized carbons (Fsp3) is 0.258. The molecule has 6 rings (SSSR count). The van der Waals surface area contributed by atoms with Crippen LogP contribution in [0.2, 0.25) is 0 Å². The molecule has 0 spiro atoms.